The van der Waals surface area contributed by atoms with Crippen molar-refractivity contribution in [2.24, 2.45) is 7.05 Å². The van der Waals surface area contributed by atoms with Crippen LogP contribution in [-0.2, 0) is 18.4 Å². The van der Waals surface area contributed by atoms with Gasteiger partial charge < -0.3 is 9.88 Å². The van der Waals surface area contributed by atoms with Crippen molar-refractivity contribution in [3.8, 4) is 0 Å². The molecule has 1 aliphatic rings. The Labute approximate surface area is 166 Å². The Morgan fingerprint density at radius 2 is 2.17 bits per heavy atom. The maximum atomic E-state index is 12.9. The minimum atomic E-state index is -0.248. The summed E-state index contributed by atoms with van der Waals surface area (Å²) in [6.45, 7) is 1.26. The molecule has 0 bridgehead atoms. The molecule has 1 saturated heterocycles. The molecule has 4 aromatic rings. The van der Waals surface area contributed by atoms with Gasteiger partial charge in [-0.3, -0.25) is 18.8 Å². The van der Waals surface area contributed by atoms with Crippen LogP contribution in [0, 0.1) is 0 Å². The van der Waals surface area contributed by atoms with Crippen LogP contribution < -0.4 is 5.56 Å². The van der Waals surface area contributed by atoms with E-state index in [1.807, 2.05) is 29.2 Å². The number of hydrogen-bond donors (Lipinski definition) is 1. The Hall–Kier alpha value is -3.49. The van der Waals surface area contributed by atoms with Gasteiger partial charge in [-0.1, -0.05) is 12.1 Å². The fraction of sp³-hybridized carbons (Fsp3) is 0.350. The predicted octanol–water partition coefficient (Wildman–Crippen LogP) is 1.41. The van der Waals surface area contributed by atoms with Crippen molar-refractivity contribution < 1.29 is 4.79 Å². The van der Waals surface area contributed by atoms with E-state index in [0.717, 1.165) is 29.7 Å². The molecule has 1 fully saturated rings. The number of benzene rings is 1. The van der Waals surface area contributed by atoms with Crippen molar-refractivity contribution in [1.29, 1.82) is 0 Å². The van der Waals surface area contributed by atoms with E-state index in [-0.39, 0.29) is 23.9 Å². The van der Waals surface area contributed by atoms with Gasteiger partial charge in [0.05, 0.1) is 17.2 Å². The Bertz CT molecular complexity index is 1240. The molecular weight excluding hydrogens is 370 g/mol. The van der Waals surface area contributed by atoms with E-state index in [1.165, 1.54) is 17.1 Å². The van der Waals surface area contributed by atoms with E-state index in [2.05, 4.69) is 15.1 Å². The predicted molar refractivity (Wildman–Crippen MR) is 107 cm³/mol. The first kappa shape index (κ1) is 17.6. The molecule has 0 spiro atoms. The van der Waals surface area contributed by atoms with Crippen LogP contribution in [0.1, 0.15) is 24.6 Å². The number of hydrogen-bond acceptors (Lipinski definition) is 5. The maximum Gasteiger partial charge on any atom is 0.264 e. The van der Waals surface area contributed by atoms with Crippen LogP contribution >= 0.6 is 0 Å². The van der Waals surface area contributed by atoms with E-state index in [1.54, 1.807) is 11.7 Å². The molecule has 148 valence electrons. The van der Waals surface area contributed by atoms with Crippen LogP contribution in [0.25, 0.3) is 22.1 Å². The summed E-state index contributed by atoms with van der Waals surface area (Å²) in [4.78, 5) is 39.7. The zero-order valence-electron chi connectivity index (χ0n) is 16.1. The number of aryl methyl sites for hydroxylation is 1. The van der Waals surface area contributed by atoms with Gasteiger partial charge in [0.15, 0.2) is 5.65 Å². The molecular formula is C20H21N7O2. The maximum absolute atomic E-state index is 12.9. The molecule has 5 rings (SSSR count). The van der Waals surface area contributed by atoms with Gasteiger partial charge in [0.1, 0.15) is 24.1 Å². The summed E-state index contributed by atoms with van der Waals surface area (Å²) < 4.78 is 2.91. The van der Waals surface area contributed by atoms with Crippen molar-refractivity contribution in [1.82, 2.24) is 34.2 Å². The van der Waals surface area contributed by atoms with Gasteiger partial charge in [0.25, 0.3) is 5.56 Å². The number of aromatic amines is 1. The van der Waals surface area contributed by atoms with Gasteiger partial charge in [0, 0.05) is 26.1 Å². The lowest BCUT2D eigenvalue weighted by Gasteiger charge is -2.32. The number of carbonyl (C=O) groups is 1. The van der Waals surface area contributed by atoms with Crippen LogP contribution in [-0.4, -0.2) is 53.2 Å². The molecule has 4 heterocycles. The summed E-state index contributed by atoms with van der Waals surface area (Å²) >= 11 is 0. The molecule has 0 radical (unpaired) electrons. The Morgan fingerprint density at radius 1 is 1.31 bits per heavy atom. The first-order chi connectivity index (χ1) is 14.1. The number of aromatic nitrogens is 6. The zero-order valence-corrected chi connectivity index (χ0v) is 16.1. The highest BCUT2D eigenvalue weighted by atomic mass is 16.2. The fourth-order valence-electron chi connectivity index (χ4n) is 4.02. The minimum absolute atomic E-state index is 0.0243. The van der Waals surface area contributed by atoms with Gasteiger partial charge in [-0.15, -0.1) is 0 Å². The van der Waals surface area contributed by atoms with Crippen LogP contribution in [0.15, 0.2) is 41.6 Å². The first-order valence-corrected chi connectivity index (χ1v) is 9.70. The van der Waals surface area contributed by atoms with Gasteiger partial charge in [-0.25, -0.2) is 9.97 Å². The van der Waals surface area contributed by atoms with Crippen LogP contribution in [0.5, 0.6) is 0 Å². The molecule has 1 N–H and O–H groups in total. The average Bonchev–Trinajstić information content (AvgIpc) is 3.34. The first-order valence-electron chi connectivity index (χ1n) is 9.70. The van der Waals surface area contributed by atoms with Gasteiger partial charge in [0.2, 0.25) is 5.91 Å². The van der Waals surface area contributed by atoms with Crippen LogP contribution in [0.4, 0.5) is 0 Å². The molecule has 1 aromatic carbocycles. The van der Waals surface area contributed by atoms with E-state index >= 15 is 0 Å². The number of likely N-dealkylation sites (tertiary alicyclic amines) is 1. The van der Waals surface area contributed by atoms with E-state index in [4.69, 9.17) is 4.98 Å². The number of piperidine rings is 1. The second-order valence-corrected chi connectivity index (χ2v) is 7.50. The standard InChI is InChI=1S/C20H21N7O2/c1-25-19-14(9-22-25)20(29)27(12-21-19)11-17(28)26-8-4-5-13(10-26)18-23-15-6-2-3-7-16(15)24-18/h2-3,6-7,9,12-13H,4-5,8,10-11H2,1H3,(H,23,24). The lowest BCUT2D eigenvalue weighted by Crippen LogP contribution is -2.42. The lowest BCUT2D eigenvalue weighted by atomic mass is 9.97. The van der Waals surface area contributed by atoms with E-state index in [0.29, 0.717) is 24.1 Å². The normalized spacial score (nSPS) is 17.3. The molecule has 29 heavy (non-hydrogen) atoms. The molecule has 1 atom stereocenters. The molecule has 1 unspecified atom stereocenters. The summed E-state index contributed by atoms with van der Waals surface area (Å²) in [7, 11) is 1.73. The molecule has 9 heteroatoms. The number of imidazole rings is 1. The number of nitrogens with one attached hydrogen (secondary N) is 1. The number of amides is 1. The van der Waals surface area contributed by atoms with Crippen LogP contribution in [0.2, 0.25) is 0 Å². The van der Waals surface area contributed by atoms with Crippen molar-refractivity contribution in [2.75, 3.05) is 13.1 Å². The number of nitrogens with zero attached hydrogens (tertiary/aromatic N) is 6. The van der Waals surface area contributed by atoms with Crippen molar-refractivity contribution in [3.05, 3.63) is 53.0 Å². The number of fused-ring (bicyclic) bond motifs is 2. The van der Waals surface area contributed by atoms with E-state index in [9.17, 15) is 9.59 Å². The monoisotopic (exact) mass is 391 g/mol. The third kappa shape index (κ3) is 3.08. The molecule has 1 aliphatic heterocycles. The number of para-hydroxylation sites is 2. The third-order valence-electron chi connectivity index (χ3n) is 5.59. The SMILES string of the molecule is Cn1ncc2c(=O)n(CC(=O)N3CCCC(c4nc5ccccc5[nH]4)C3)cnc21. The lowest BCUT2D eigenvalue weighted by molar-refractivity contribution is -0.133. The Kier molecular flexibility index (Phi) is 4.15. The van der Waals surface area contributed by atoms with Crippen molar-refractivity contribution >= 4 is 28.0 Å². The Balaban J connectivity index is 1.34. The molecule has 0 saturated carbocycles. The van der Waals surface area contributed by atoms with E-state index < -0.39 is 0 Å². The second kappa shape index (κ2) is 6.84. The Morgan fingerprint density at radius 3 is 3.03 bits per heavy atom. The molecule has 3 aromatic heterocycles. The largest absolute Gasteiger partial charge is 0.342 e. The molecule has 1 amide bonds. The number of H-pyrrole nitrogens is 1. The third-order valence-corrected chi connectivity index (χ3v) is 5.59. The summed E-state index contributed by atoms with van der Waals surface area (Å²) in [6.07, 6.45) is 4.80. The summed E-state index contributed by atoms with van der Waals surface area (Å²) in [5, 5.41) is 4.48. The summed E-state index contributed by atoms with van der Waals surface area (Å²) in [6, 6.07) is 7.93. The highest BCUT2D eigenvalue weighted by Crippen LogP contribution is 2.26. The van der Waals surface area contributed by atoms with Gasteiger partial charge >= 0.3 is 0 Å². The number of carbonyl (C=O) groups excluding carboxylic acids is 1. The minimum Gasteiger partial charge on any atom is -0.342 e. The zero-order chi connectivity index (χ0) is 20.0. The van der Waals surface area contributed by atoms with Crippen LogP contribution in [0.3, 0.4) is 0 Å². The quantitative estimate of drug-likeness (QED) is 0.569. The molecule has 0 aliphatic carbocycles. The van der Waals surface area contributed by atoms with Gasteiger partial charge in [-0.05, 0) is 25.0 Å². The summed E-state index contributed by atoms with van der Waals surface area (Å²) in [5.74, 6) is 0.994. The highest BCUT2D eigenvalue weighted by molar-refractivity contribution is 5.78. The average molecular weight is 391 g/mol. The topological polar surface area (TPSA) is 102 Å². The summed E-state index contributed by atoms with van der Waals surface area (Å²) in [5.41, 5.74) is 2.21. The highest BCUT2D eigenvalue weighted by Gasteiger charge is 2.27. The van der Waals surface area contributed by atoms with Crippen molar-refractivity contribution in [2.45, 2.75) is 25.3 Å². The second-order valence-electron chi connectivity index (χ2n) is 7.50. The smallest absolute Gasteiger partial charge is 0.264 e. The van der Waals surface area contributed by atoms with Gasteiger partial charge in [-0.2, -0.15) is 5.10 Å². The molecule has 9 nitrogen and oxygen atoms in total. The fourth-order valence-corrected chi connectivity index (χ4v) is 4.02. The van der Waals surface area contributed by atoms with Crippen molar-refractivity contribution in [3.63, 3.8) is 0 Å². The number of rotatable bonds is 3.